The first-order valence-electron chi connectivity index (χ1n) is 7.28. The van der Waals surface area contributed by atoms with Gasteiger partial charge in [0.2, 0.25) is 0 Å². The lowest BCUT2D eigenvalue weighted by Crippen LogP contribution is -2.19. The van der Waals surface area contributed by atoms with E-state index in [0.717, 1.165) is 11.2 Å². The van der Waals surface area contributed by atoms with Crippen molar-refractivity contribution in [1.29, 1.82) is 0 Å². The molecule has 0 aliphatic carbocycles. The van der Waals surface area contributed by atoms with E-state index in [0.29, 0.717) is 0 Å². The molecule has 0 radical (unpaired) electrons. The fourth-order valence-electron chi connectivity index (χ4n) is 3.04. The van der Waals surface area contributed by atoms with Crippen molar-refractivity contribution in [2.75, 3.05) is 7.05 Å². The van der Waals surface area contributed by atoms with Gasteiger partial charge >= 0.3 is 0 Å². The zero-order chi connectivity index (χ0) is 15.0. The van der Waals surface area contributed by atoms with E-state index in [1.54, 1.807) is 0 Å². The van der Waals surface area contributed by atoms with Gasteiger partial charge in [0.15, 0.2) is 0 Å². The zero-order valence-corrected chi connectivity index (χ0v) is 13.0. The molecule has 0 bridgehead atoms. The Morgan fingerprint density at radius 3 is 2.57 bits per heavy atom. The van der Waals surface area contributed by atoms with E-state index in [-0.39, 0.29) is 6.04 Å². The molecular formula is C18H21N3. The summed E-state index contributed by atoms with van der Waals surface area (Å²) in [6.45, 7) is 4.29. The molecule has 1 atom stereocenters. The fraction of sp³-hybridized carbons (Fsp3) is 0.278. The second-order valence-electron chi connectivity index (χ2n) is 5.61. The Morgan fingerprint density at radius 1 is 1.10 bits per heavy atom. The van der Waals surface area contributed by atoms with Gasteiger partial charge in [-0.1, -0.05) is 42.0 Å². The molecule has 1 aromatic heterocycles. The molecule has 0 spiro atoms. The largest absolute Gasteiger partial charge is 0.308 e. The number of fused-ring (bicyclic) bond motifs is 1. The maximum absolute atomic E-state index is 4.76. The van der Waals surface area contributed by atoms with E-state index in [2.05, 4.69) is 61.6 Å². The molecule has 0 saturated heterocycles. The Bertz CT molecular complexity index is 786. The van der Waals surface area contributed by atoms with Gasteiger partial charge in [0, 0.05) is 12.4 Å². The van der Waals surface area contributed by atoms with E-state index in [4.69, 9.17) is 5.10 Å². The highest BCUT2D eigenvalue weighted by molar-refractivity contribution is 5.82. The van der Waals surface area contributed by atoms with E-state index in [1.807, 2.05) is 18.8 Å². The molecular weight excluding hydrogens is 258 g/mol. The van der Waals surface area contributed by atoms with Gasteiger partial charge in [-0.2, -0.15) is 5.10 Å². The van der Waals surface area contributed by atoms with E-state index in [1.165, 1.54) is 22.1 Å². The number of hydrogen-bond acceptors (Lipinski definition) is 2. The summed E-state index contributed by atoms with van der Waals surface area (Å²) in [5.74, 6) is 0. The Balaban J connectivity index is 2.18. The van der Waals surface area contributed by atoms with Gasteiger partial charge in [-0.05, 0) is 38.1 Å². The summed E-state index contributed by atoms with van der Waals surface area (Å²) in [4.78, 5) is 0. The lowest BCUT2D eigenvalue weighted by molar-refractivity contribution is 0.645. The zero-order valence-electron chi connectivity index (χ0n) is 13.0. The van der Waals surface area contributed by atoms with Crippen LogP contribution in [-0.2, 0) is 7.05 Å². The molecule has 0 aliphatic rings. The molecule has 21 heavy (non-hydrogen) atoms. The molecule has 1 N–H and O–H groups in total. The molecule has 3 heteroatoms. The molecule has 0 aliphatic heterocycles. The monoisotopic (exact) mass is 279 g/mol. The number of para-hydroxylation sites is 1. The maximum atomic E-state index is 4.76. The van der Waals surface area contributed by atoms with Crippen molar-refractivity contribution in [3.8, 4) is 0 Å². The standard InChI is InChI=1S/C18H21N3/c1-12-9-10-14(13(2)11-12)17(19-3)18-15-7-5-6-8-16(15)21(4)20-18/h5-11,17,19H,1-4H3. The van der Waals surface area contributed by atoms with Crippen molar-refractivity contribution in [1.82, 2.24) is 15.1 Å². The minimum atomic E-state index is 0.108. The van der Waals surface area contributed by atoms with Gasteiger partial charge in [0.1, 0.15) is 0 Å². The average molecular weight is 279 g/mol. The van der Waals surface area contributed by atoms with Crippen molar-refractivity contribution < 1.29 is 0 Å². The van der Waals surface area contributed by atoms with E-state index in [9.17, 15) is 0 Å². The second kappa shape index (κ2) is 5.34. The van der Waals surface area contributed by atoms with E-state index < -0.39 is 0 Å². The van der Waals surface area contributed by atoms with Crippen LogP contribution in [0.5, 0.6) is 0 Å². The quantitative estimate of drug-likeness (QED) is 0.795. The number of hydrogen-bond donors (Lipinski definition) is 1. The molecule has 3 nitrogen and oxygen atoms in total. The van der Waals surface area contributed by atoms with Crippen LogP contribution < -0.4 is 5.32 Å². The lowest BCUT2D eigenvalue weighted by Gasteiger charge is -2.18. The van der Waals surface area contributed by atoms with Crippen LogP contribution in [0.25, 0.3) is 10.9 Å². The highest BCUT2D eigenvalue weighted by atomic mass is 15.3. The van der Waals surface area contributed by atoms with Crippen LogP contribution in [0.1, 0.15) is 28.4 Å². The molecule has 0 saturated carbocycles. The first-order valence-corrected chi connectivity index (χ1v) is 7.28. The van der Waals surface area contributed by atoms with Gasteiger partial charge in [0.05, 0.1) is 17.3 Å². The van der Waals surface area contributed by atoms with Crippen LogP contribution in [0.4, 0.5) is 0 Å². The minimum Gasteiger partial charge on any atom is -0.308 e. The van der Waals surface area contributed by atoms with Gasteiger partial charge in [-0.3, -0.25) is 4.68 Å². The summed E-state index contributed by atoms with van der Waals surface area (Å²) in [6.07, 6.45) is 0. The third-order valence-corrected chi connectivity index (χ3v) is 4.08. The van der Waals surface area contributed by atoms with Crippen molar-refractivity contribution in [3.63, 3.8) is 0 Å². The van der Waals surface area contributed by atoms with Gasteiger partial charge in [-0.15, -0.1) is 0 Å². The average Bonchev–Trinajstić information content (AvgIpc) is 2.80. The van der Waals surface area contributed by atoms with Crippen LogP contribution in [0.15, 0.2) is 42.5 Å². The topological polar surface area (TPSA) is 29.9 Å². The molecule has 108 valence electrons. The molecule has 2 aromatic carbocycles. The van der Waals surface area contributed by atoms with Crippen molar-refractivity contribution >= 4 is 10.9 Å². The molecule has 3 aromatic rings. The summed E-state index contributed by atoms with van der Waals surface area (Å²) < 4.78 is 1.96. The molecule has 3 rings (SSSR count). The van der Waals surface area contributed by atoms with Gasteiger partial charge in [0.25, 0.3) is 0 Å². The Hall–Kier alpha value is -2.13. The third-order valence-electron chi connectivity index (χ3n) is 4.08. The fourth-order valence-corrected chi connectivity index (χ4v) is 3.04. The van der Waals surface area contributed by atoms with Crippen molar-refractivity contribution in [2.45, 2.75) is 19.9 Å². The first-order chi connectivity index (χ1) is 10.1. The lowest BCUT2D eigenvalue weighted by atomic mass is 9.95. The van der Waals surface area contributed by atoms with Crippen LogP contribution in [0.2, 0.25) is 0 Å². The summed E-state index contributed by atoms with van der Waals surface area (Å²) in [5.41, 5.74) is 6.12. The van der Waals surface area contributed by atoms with Crippen molar-refractivity contribution in [2.24, 2.45) is 7.05 Å². The normalized spacial score (nSPS) is 12.8. The summed E-state index contributed by atoms with van der Waals surface area (Å²) in [7, 11) is 3.99. The Morgan fingerprint density at radius 2 is 1.86 bits per heavy atom. The van der Waals surface area contributed by atoms with Crippen LogP contribution in [0, 0.1) is 13.8 Å². The summed E-state index contributed by atoms with van der Waals surface area (Å²) >= 11 is 0. The third kappa shape index (κ3) is 2.34. The number of aryl methyl sites for hydroxylation is 3. The Labute approximate surface area is 125 Å². The number of rotatable bonds is 3. The number of nitrogens with zero attached hydrogens (tertiary/aromatic N) is 2. The Kier molecular flexibility index (Phi) is 3.52. The van der Waals surface area contributed by atoms with Crippen LogP contribution in [0.3, 0.4) is 0 Å². The number of benzene rings is 2. The predicted octanol–water partition coefficient (Wildman–Crippen LogP) is 3.50. The van der Waals surface area contributed by atoms with Crippen LogP contribution >= 0.6 is 0 Å². The minimum absolute atomic E-state index is 0.108. The maximum Gasteiger partial charge on any atom is 0.0917 e. The highest BCUT2D eigenvalue weighted by Crippen LogP contribution is 2.29. The SMILES string of the molecule is CNC(c1ccc(C)cc1C)c1nn(C)c2ccccc12. The molecule has 0 amide bonds. The molecule has 1 heterocycles. The summed E-state index contributed by atoms with van der Waals surface area (Å²) in [6, 6.07) is 15.1. The number of nitrogens with one attached hydrogen (secondary N) is 1. The second-order valence-corrected chi connectivity index (χ2v) is 5.61. The van der Waals surface area contributed by atoms with Gasteiger partial charge < -0.3 is 5.32 Å². The molecule has 1 unspecified atom stereocenters. The predicted molar refractivity (Wildman–Crippen MR) is 87.5 cm³/mol. The van der Waals surface area contributed by atoms with Gasteiger partial charge in [-0.25, -0.2) is 0 Å². The molecule has 0 fully saturated rings. The smallest absolute Gasteiger partial charge is 0.0917 e. The summed E-state index contributed by atoms with van der Waals surface area (Å²) in [5, 5.41) is 9.39. The highest BCUT2D eigenvalue weighted by Gasteiger charge is 2.20. The first kappa shape index (κ1) is 13.8. The number of aromatic nitrogens is 2. The van der Waals surface area contributed by atoms with E-state index >= 15 is 0 Å². The van der Waals surface area contributed by atoms with Crippen LogP contribution in [-0.4, -0.2) is 16.8 Å². The van der Waals surface area contributed by atoms with Crippen molar-refractivity contribution in [3.05, 3.63) is 64.8 Å².